The third-order valence-corrected chi connectivity index (χ3v) is 5.74. The van der Waals surface area contributed by atoms with Crippen molar-refractivity contribution in [2.75, 3.05) is 0 Å². The Kier molecular flexibility index (Phi) is 4.83. The SMILES string of the molecule is CCc1oc2ccc([C@@]3(C)C[C@H]3/C=C/C(C)=C/C(=O)O)cc2c1C(C)(C)C. The molecule has 1 N–H and O–H groups in total. The first kappa shape index (κ1) is 19.5. The van der Waals surface area contributed by atoms with Gasteiger partial charge < -0.3 is 9.52 Å². The molecule has 3 rings (SSSR count). The van der Waals surface area contributed by atoms with E-state index < -0.39 is 5.97 Å². The zero-order valence-corrected chi connectivity index (χ0v) is 17.2. The second-order valence-electron chi connectivity index (χ2n) is 9.03. The molecule has 0 bridgehead atoms. The van der Waals surface area contributed by atoms with E-state index in [2.05, 4.69) is 58.9 Å². The number of aryl methyl sites for hydroxylation is 1. The Morgan fingerprint density at radius 3 is 2.67 bits per heavy atom. The van der Waals surface area contributed by atoms with Gasteiger partial charge in [-0.2, -0.15) is 0 Å². The van der Waals surface area contributed by atoms with Gasteiger partial charge in [-0.25, -0.2) is 4.79 Å². The van der Waals surface area contributed by atoms with E-state index in [1.165, 1.54) is 22.6 Å². The van der Waals surface area contributed by atoms with Crippen molar-refractivity contribution < 1.29 is 14.3 Å². The molecule has 1 saturated carbocycles. The van der Waals surface area contributed by atoms with Crippen LogP contribution in [0.4, 0.5) is 0 Å². The van der Waals surface area contributed by atoms with Gasteiger partial charge in [-0.05, 0) is 53.4 Å². The van der Waals surface area contributed by atoms with E-state index >= 15 is 0 Å². The molecule has 0 amide bonds. The lowest BCUT2D eigenvalue weighted by molar-refractivity contribution is -0.131. The fraction of sp³-hybridized carbons (Fsp3) is 0.458. The number of hydrogen-bond donors (Lipinski definition) is 1. The summed E-state index contributed by atoms with van der Waals surface area (Å²) in [5.41, 5.74) is 4.53. The van der Waals surface area contributed by atoms with Crippen LogP contribution in [0.3, 0.4) is 0 Å². The maximum Gasteiger partial charge on any atom is 0.328 e. The van der Waals surface area contributed by atoms with E-state index in [1.807, 2.05) is 13.0 Å². The van der Waals surface area contributed by atoms with Gasteiger partial charge >= 0.3 is 5.97 Å². The van der Waals surface area contributed by atoms with E-state index in [0.717, 1.165) is 29.8 Å². The van der Waals surface area contributed by atoms with E-state index in [1.54, 1.807) is 0 Å². The van der Waals surface area contributed by atoms with Crippen molar-refractivity contribution in [1.29, 1.82) is 0 Å². The Morgan fingerprint density at radius 2 is 2.07 bits per heavy atom. The summed E-state index contributed by atoms with van der Waals surface area (Å²) in [4.78, 5) is 10.8. The van der Waals surface area contributed by atoms with Crippen LogP contribution < -0.4 is 0 Å². The van der Waals surface area contributed by atoms with Crippen molar-refractivity contribution in [1.82, 2.24) is 0 Å². The number of hydrogen-bond acceptors (Lipinski definition) is 2. The third-order valence-electron chi connectivity index (χ3n) is 5.74. The van der Waals surface area contributed by atoms with Gasteiger partial charge in [0.25, 0.3) is 0 Å². The molecule has 2 aromatic rings. The molecule has 0 aliphatic heterocycles. The number of carbonyl (C=O) groups is 1. The number of furan rings is 1. The number of benzene rings is 1. The second kappa shape index (κ2) is 6.70. The molecule has 1 aromatic carbocycles. The zero-order valence-electron chi connectivity index (χ0n) is 17.2. The summed E-state index contributed by atoms with van der Waals surface area (Å²) in [5.74, 6) is 0.617. The van der Waals surface area contributed by atoms with Crippen LogP contribution in [0.15, 0.2) is 46.4 Å². The molecule has 27 heavy (non-hydrogen) atoms. The molecule has 1 fully saturated rings. The molecule has 3 heteroatoms. The van der Waals surface area contributed by atoms with Crippen LogP contribution in [-0.4, -0.2) is 11.1 Å². The minimum Gasteiger partial charge on any atom is -0.478 e. The normalized spacial score (nSPS) is 23.3. The average molecular weight is 367 g/mol. The Balaban J connectivity index is 1.94. The van der Waals surface area contributed by atoms with Crippen molar-refractivity contribution >= 4 is 16.9 Å². The highest BCUT2D eigenvalue weighted by Crippen LogP contribution is 2.55. The maximum absolute atomic E-state index is 10.8. The molecule has 0 radical (unpaired) electrons. The van der Waals surface area contributed by atoms with Crippen molar-refractivity contribution in [2.45, 2.75) is 65.2 Å². The van der Waals surface area contributed by atoms with Gasteiger partial charge in [0.2, 0.25) is 0 Å². The van der Waals surface area contributed by atoms with Crippen molar-refractivity contribution in [2.24, 2.45) is 5.92 Å². The molecule has 1 aliphatic rings. The Labute approximate surface area is 161 Å². The first-order chi connectivity index (χ1) is 12.6. The first-order valence-electron chi connectivity index (χ1n) is 9.72. The fourth-order valence-electron chi connectivity index (χ4n) is 4.10. The minimum absolute atomic E-state index is 0.0394. The summed E-state index contributed by atoms with van der Waals surface area (Å²) in [5, 5.41) is 10.1. The number of carboxylic acids is 1. The first-order valence-corrected chi connectivity index (χ1v) is 9.72. The minimum atomic E-state index is -0.900. The zero-order chi connectivity index (χ0) is 20.0. The average Bonchev–Trinajstić information content (AvgIpc) is 3.07. The van der Waals surface area contributed by atoms with Gasteiger partial charge in [0, 0.05) is 23.4 Å². The summed E-state index contributed by atoms with van der Waals surface area (Å²) >= 11 is 0. The Bertz CT molecular complexity index is 936. The van der Waals surface area contributed by atoms with Crippen LogP contribution in [0.5, 0.6) is 0 Å². The van der Waals surface area contributed by atoms with Crippen LogP contribution in [-0.2, 0) is 22.0 Å². The van der Waals surface area contributed by atoms with Crippen LogP contribution in [0.2, 0.25) is 0 Å². The topological polar surface area (TPSA) is 50.4 Å². The number of fused-ring (bicyclic) bond motifs is 1. The Hall–Kier alpha value is -2.29. The lowest BCUT2D eigenvalue weighted by atomic mass is 9.83. The van der Waals surface area contributed by atoms with Gasteiger partial charge in [0.05, 0.1) is 0 Å². The molecular weight excluding hydrogens is 336 g/mol. The number of rotatable bonds is 5. The fourth-order valence-corrected chi connectivity index (χ4v) is 4.10. The molecule has 0 saturated heterocycles. The molecule has 2 atom stereocenters. The molecular formula is C24H30O3. The molecule has 1 heterocycles. The smallest absolute Gasteiger partial charge is 0.328 e. The summed E-state index contributed by atoms with van der Waals surface area (Å²) < 4.78 is 6.13. The number of aliphatic carboxylic acids is 1. The van der Waals surface area contributed by atoms with Gasteiger partial charge in [-0.15, -0.1) is 0 Å². The molecule has 3 nitrogen and oxygen atoms in total. The standard InChI is InChI=1S/C24H30O3/c1-7-19-22(23(3,4)5)18-13-16(10-11-20(18)27-19)24(6)14-17(24)9-8-15(2)12-21(25)26/h8-13,17H,7,14H2,1-6H3,(H,25,26)/b9-8+,15-12+/t17-,24-/m1/s1. The largest absolute Gasteiger partial charge is 0.478 e. The van der Waals surface area contributed by atoms with E-state index in [9.17, 15) is 4.79 Å². The monoisotopic (exact) mass is 366 g/mol. The lowest BCUT2D eigenvalue weighted by Gasteiger charge is -2.19. The highest BCUT2D eigenvalue weighted by atomic mass is 16.4. The van der Waals surface area contributed by atoms with Crippen molar-refractivity contribution in [3.05, 3.63) is 58.9 Å². The predicted octanol–water partition coefficient (Wildman–Crippen LogP) is 6.16. The van der Waals surface area contributed by atoms with Crippen LogP contribution >= 0.6 is 0 Å². The van der Waals surface area contributed by atoms with E-state index in [-0.39, 0.29) is 10.8 Å². The van der Waals surface area contributed by atoms with Crippen molar-refractivity contribution in [3.63, 3.8) is 0 Å². The number of allylic oxidation sites excluding steroid dienone is 3. The van der Waals surface area contributed by atoms with Gasteiger partial charge in [-0.3, -0.25) is 0 Å². The summed E-state index contributed by atoms with van der Waals surface area (Å²) in [7, 11) is 0. The Morgan fingerprint density at radius 1 is 1.37 bits per heavy atom. The lowest BCUT2D eigenvalue weighted by Crippen LogP contribution is -2.13. The van der Waals surface area contributed by atoms with Gasteiger partial charge in [0.15, 0.2) is 0 Å². The number of carboxylic acid groups (broad SMARTS) is 1. The summed E-state index contributed by atoms with van der Waals surface area (Å²) in [6, 6.07) is 6.61. The maximum atomic E-state index is 10.8. The molecule has 0 spiro atoms. The van der Waals surface area contributed by atoms with Gasteiger partial charge in [0.1, 0.15) is 11.3 Å². The molecule has 144 valence electrons. The van der Waals surface area contributed by atoms with Crippen LogP contribution in [0.1, 0.15) is 64.9 Å². The van der Waals surface area contributed by atoms with E-state index in [4.69, 9.17) is 9.52 Å². The third kappa shape index (κ3) is 3.73. The van der Waals surface area contributed by atoms with Gasteiger partial charge in [-0.1, -0.05) is 52.8 Å². The summed E-state index contributed by atoms with van der Waals surface area (Å²) in [6.45, 7) is 13.0. The molecule has 1 aromatic heterocycles. The molecule has 0 unspecified atom stereocenters. The van der Waals surface area contributed by atoms with Crippen LogP contribution in [0, 0.1) is 5.92 Å². The molecule has 1 aliphatic carbocycles. The summed E-state index contributed by atoms with van der Waals surface area (Å²) in [6.07, 6.45) is 7.30. The highest BCUT2D eigenvalue weighted by Gasteiger charge is 2.49. The van der Waals surface area contributed by atoms with Crippen molar-refractivity contribution in [3.8, 4) is 0 Å². The highest BCUT2D eigenvalue weighted by molar-refractivity contribution is 5.85. The van der Waals surface area contributed by atoms with E-state index in [0.29, 0.717) is 5.92 Å². The quantitative estimate of drug-likeness (QED) is 0.509. The second-order valence-corrected chi connectivity index (χ2v) is 9.03. The van der Waals surface area contributed by atoms with Crippen LogP contribution in [0.25, 0.3) is 11.0 Å². The predicted molar refractivity (Wildman–Crippen MR) is 110 cm³/mol.